The van der Waals surface area contributed by atoms with E-state index in [0.717, 1.165) is 12.3 Å². The van der Waals surface area contributed by atoms with Gasteiger partial charge in [0.1, 0.15) is 0 Å². The van der Waals surface area contributed by atoms with E-state index in [9.17, 15) is 0 Å². The van der Waals surface area contributed by atoms with Crippen LogP contribution in [0.5, 0.6) is 0 Å². The third kappa shape index (κ3) is 2.61. The number of hydrogen-bond donors (Lipinski definition) is 1. The first-order valence-corrected chi connectivity index (χ1v) is 7.10. The largest absolute Gasteiger partial charge is 0.312 e. The van der Waals surface area contributed by atoms with Gasteiger partial charge < -0.3 is 5.32 Å². The van der Waals surface area contributed by atoms with Crippen molar-refractivity contribution in [3.8, 4) is 0 Å². The van der Waals surface area contributed by atoms with E-state index in [-0.39, 0.29) is 0 Å². The van der Waals surface area contributed by atoms with Crippen molar-refractivity contribution >= 4 is 11.5 Å². The van der Waals surface area contributed by atoms with Crippen molar-refractivity contribution in [2.75, 3.05) is 7.05 Å². The summed E-state index contributed by atoms with van der Waals surface area (Å²) in [4.78, 5) is 1.36. The van der Waals surface area contributed by atoms with E-state index in [2.05, 4.69) is 28.9 Å². The van der Waals surface area contributed by atoms with Crippen LogP contribution in [0, 0.1) is 5.92 Å². The molecule has 0 saturated heterocycles. The van der Waals surface area contributed by atoms with Crippen LogP contribution in [0.3, 0.4) is 0 Å². The quantitative estimate of drug-likeness (QED) is 0.858. The molecule has 1 N–H and O–H groups in total. The highest BCUT2D eigenvalue weighted by Crippen LogP contribution is 2.34. The van der Waals surface area contributed by atoms with Crippen LogP contribution in [-0.2, 0) is 6.42 Å². The van der Waals surface area contributed by atoms with Crippen molar-refractivity contribution in [1.29, 1.82) is 0 Å². The zero-order valence-electron chi connectivity index (χ0n) is 10.2. The molecule has 3 nitrogen and oxygen atoms in total. The van der Waals surface area contributed by atoms with E-state index in [1.54, 1.807) is 11.5 Å². The Labute approximate surface area is 102 Å². The molecule has 1 aromatic rings. The summed E-state index contributed by atoms with van der Waals surface area (Å²) < 4.78 is 4.09. The van der Waals surface area contributed by atoms with Crippen molar-refractivity contribution < 1.29 is 0 Å². The van der Waals surface area contributed by atoms with Gasteiger partial charge in [-0.1, -0.05) is 37.1 Å². The average molecular weight is 239 g/mol. The summed E-state index contributed by atoms with van der Waals surface area (Å²) in [6, 6.07) is 0.470. The maximum Gasteiger partial charge on any atom is 0.0800 e. The normalized spacial score (nSPS) is 19.1. The molecule has 1 saturated carbocycles. The first kappa shape index (κ1) is 12.0. The fourth-order valence-corrected chi connectivity index (χ4v) is 3.52. The highest BCUT2D eigenvalue weighted by atomic mass is 32.1. The summed E-state index contributed by atoms with van der Waals surface area (Å²) in [5.41, 5.74) is 1.18. The third-order valence-corrected chi connectivity index (χ3v) is 4.51. The first-order valence-electron chi connectivity index (χ1n) is 6.33. The van der Waals surface area contributed by atoms with E-state index in [0.29, 0.717) is 6.04 Å². The molecule has 1 atom stereocenters. The van der Waals surface area contributed by atoms with Gasteiger partial charge in [-0.05, 0) is 37.3 Å². The predicted octanol–water partition coefficient (Wildman–Crippen LogP) is 2.94. The van der Waals surface area contributed by atoms with Gasteiger partial charge in [0.2, 0.25) is 0 Å². The zero-order chi connectivity index (χ0) is 11.4. The Morgan fingerprint density at radius 1 is 1.44 bits per heavy atom. The van der Waals surface area contributed by atoms with E-state index in [1.165, 1.54) is 42.7 Å². The van der Waals surface area contributed by atoms with Crippen molar-refractivity contribution in [2.24, 2.45) is 5.92 Å². The smallest absolute Gasteiger partial charge is 0.0800 e. The standard InChI is InChI=1S/C12H21N3S/c1-3-10-12(16-15-14-10)11(13-2)8-9-6-4-5-7-9/h9,11,13H,3-8H2,1-2H3. The minimum Gasteiger partial charge on any atom is -0.312 e. The molecule has 0 amide bonds. The van der Waals surface area contributed by atoms with Gasteiger partial charge in [-0.15, -0.1) is 5.10 Å². The van der Waals surface area contributed by atoms with Gasteiger partial charge >= 0.3 is 0 Å². The highest BCUT2D eigenvalue weighted by Gasteiger charge is 2.23. The molecule has 1 heterocycles. The SMILES string of the molecule is CCc1nnsc1C(CC1CCCC1)NC. The lowest BCUT2D eigenvalue weighted by atomic mass is 9.96. The minimum atomic E-state index is 0.470. The topological polar surface area (TPSA) is 37.8 Å². The summed E-state index contributed by atoms with van der Waals surface area (Å²) >= 11 is 1.57. The Bertz CT molecular complexity index is 318. The Hall–Kier alpha value is -0.480. The Morgan fingerprint density at radius 2 is 2.19 bits per heavy atom. The van der Waals surface area contributed by atoms with Crippen LogP contribution in [0.15, 0.2) is 0 Å². The number of aromatic nitrogens is 2. The van der Waals surface area contributed by atoms with Crippen molar-refractivity contribution in [2.45, 2.75) is 51.5 Å². The summed E-state index contributed by atoms with van der Waals surface area (Å²) in [7, 11) is 2.05. The lowest BCUT2D eigenvalue weighted by Gasteiger charge is -2.19. The van der Waals surface area contributed by atoms with Gasteiger partial charge in [0.05, 0.1) is 10.6 Å². The molecule has 0 radical (unpaired) electrons. The predicted molar refractivity (Wildman–Crippen MR) is 67.7 cm³/mol. The molecule has 2 rings (SSSR count). The average Bonchev–Trinajstić information content (AvgIpc) is 2.96. The molecular formula is C12H21N3S. The molecule has 0 aromatic carbocycles. The molecule has 0 spiro atoms. The maximum absolute atomic E-state index is 4.21. The van der Waals surface area contributed by atoms with Crippen LogP contribution in [0.4, 0.5) is 0 Å². The van der Waals surface area contributed by atoms with Crippen molar-refractivity contribution in [1.82, 2.24) is 14.9 Å². The van der Waals surface area contributed by atoms with E-state index in [4.69, 9.17) is 0 Å². The summed E-state index contributed by atoms with van der Waals surface area (Å²) in [5, 5.41) is 7.64. The minimum absolute atomic E-state index is 0.470. The highest BCUT2D eigenvalue weighted by molar-refractivity contribution is 7.05. The number of nitrogens with one attached hydrogen (secondary N) is 1. The molecule has 1 aromatic heterocycles. The number of nitrogens with zero attached hydrogens (tertiary/aromatic N) is 2. The lowest BCUT2D eigenvalue weighted by Crippen LogP contribution is -2.19. The second kappa shape index (κ2) is 5.73. The van der Waals surface area contributed by atoms with Gasteiger partial charge in [-0.2, -0.15) is 0 Å². The molecule has 16 heavy (non-hydrogen) atoms. The molecule has 1 unspecified atom stereocenters. The first-order chi connectivity index (χ1) is 7.85. The molecule has 4 heteroatoms. The summed E-state index contributed by atoms with van der Waals surface area (Å²) in [5.74, 6) is 0.907. The van der Waals surface area contributed by atoms with Crippen molar-refractivity contribution in [3.63, 3.8) is 0 Å². The second-order valence-electron chi connectivity index (χ2n) is 4.66. The molecule has 90 valence electrons. The zero-order valence-corrected chi connectivity index (χ0v) is 11.0. The fourth-order valence-electron chi connectivity index (χ4n) is 2.66. The van der Waals surface area contributed by atoms with Crippen molar-refractivity contribution in [3.05, 3.63) is 10.6 Å². The third-order valence-electron chi connectivity index (χ3n) is 3.63. The van der Waals surface area contributed by atoms with Gasteiger partial charge in [0.15, 0.2) is 0 Å². The monoisotopic (exact) mass is 239 g/mol. The molecule has 0 aliphatic heterocycles. The summed E-state index contributed by atoms with van der Waals surface area (Å²) in [6.07, 6.45) is 7.91. The summed E-state index contributed by atoms with van der Waals surface area (Å²) in [6.45, 7) is 2.16. The van der Waals surface area contributed by atoms with Gasteiger partial charge in [0.25, 0.3) is 0 Å². The Kier molecular flexibility index (Phi) is 4.29. The number of hydrogen-bond acceptors (Lipinski definition) is 4. The number of rotatable bonds is 5. The molecule has 1 aliphatic rings. The Morgan fingerprint density at radius 3 is 2.81 bits per heavy atom. The van der Waals surface area contributed by atoms with Crippen LogP contribution in [-0.4, -0.2) is 16.6 Å². The second-order valence-corrected chi connectivity index (χ2v) is 5.45. The van der Waals surface area contributed by atoms with Crippen LogP contribution in [0.2, 0.25) is 0 Å². The Balaban J connectivity index is 2.03. The van der Waals surface area contributed by atoms with Crippen LogP contribution in [0.1, 0.15) is 55.6 Å². The van der Waals surface area contributed by atoms with Gasteiger partial charge in [-0.25, -0.2) is 0 Å². The molecular weight excluding hydrogens is 218 g/mol. The van der Waals surface area contributed by atoms with Gasteiger partial charge in [0, 0.05) is 6.04 Å². The number of aryl methyl sites for hydroxylation is 1. The van der Waals surface area contributed by atoms with Crippen LogP contribution in [0.25, 0.3) is 0 Å². The fraction of sp³-hybridized carbons (Fsp3) is 0.833. The molecule has 1 aliphatic carbocycles. The van der Waals surface area contributed by atoms with Crippen LogP contribution >= 0.6 is 11.5 Å². The molecule has 1 fully saturated rings. The van der Waals surface area contributed by atoms with Gasteiger partial charge in [-0.3, -0.25) is 0 Å². The van der Waals surface area contributed by atoms with E-state index in [1.807, 2.05) is 0 Å². The lowest BCUT2D eigenvalue weighted by molar-refractivity contribution is 0.415. The molecule has 0 bridgehead atoms. The van der Waals surface area contributed by atoms with E-state index < -0.39 is 0 Å². The maximum atomic E-state index is 4.21. The van der Waals surface area contributed by atoms with E-state index >= 15 is 0 Å². The van der Waals surface area contributed by atoms with Crippen LogP contribution < -0.4 is 5.32 Å².